The first-order valence-electron chi connectivity index (χ1n) is 6.40. The van der Waals surface area contributed by atoms with Gasteiger partial charge in [0.05, 0.1) is 6.04 Å². The summed E-state index contributed by atoms with van der Waals surface area (Å²) in [5.41, 5.74) is 0. The van der Waals surface area contributed by atoms with Crippen LogP contribution in [0.5, 0.6) is 0 Å². The Hall–Kier alpha value is -0.570. The van der Waals surface area contributed by atoms with E-state index in [9.17, 15) is 4.79 Å². The predicted molar refractivity (Wildman–Crippen MR) is 60.7 cm³/mol. The van der Waals surface area contributed by atoms with Crippen LogP contribution in [0.4, 0.5) is 0 Å². The molecule has 1 atom stereocenters. The molecule has 0 aromatic carbocycles. The van der Waals surface area contributed by atoms with Crippen molar-refractivity contribution >= 4 is 5.91 Å². The highest BCUT2D eigenvalue weighted by atomic mass is 16.2. The molecule has 0 aromatic heterocycles. The Labute approximate surface area is 92.0 Å². The van der Waals surface area contributed by atoms with E-state index in [1.54, 1.807) is 0 Å². The summed E-state index contributed by atoms with van der Waals surface area (Å²) in [5, 5.41) is 6.48. The summed E-state index contributed by atoms with van der Waals surface area (Å²) in [6, 6.07) is 0.538. The van der Waals surface area contributed by atoms with Crippen molar-refractivity contribution in [3.05, 3.63) is 0 Å². The smallest absolute Gasteiger partial charge is 0.237 e. The predicted octanol–water partition coefficient (Wildman–Crippen LogP) is 1.58. The van der Waals surface area contributed by atoms with Crippen molar-refractivity contribution in [1.29, 1.82) is 0 Å². The van der Waals surface area contributed by atoms with Crippen LogP contribution < -0.4 is 10.6 Å². The van der Waals surface area contributed by atoms with E-state index < -0.39 is 0 Å². The lowest BCUT2D eigenvalue weighted by molar-refractivity contribution is -0.124. The molecule has 1 aliphatic heterocycles. The normalized spacial score (nSPS) is 28.7. The number of hydrogen-bond donors (Lipinski definition) is 2. The maximum atomic E-state index is 11.9. The molecule has 1 aliphatic carbocycles. The number of hydrogen-bond acceptors (Lipinski definition) is 2. The van der Waals surface area contributed by atoms with E-state index in [2.05, 4.69) is 10.6 Å². The molecule has 2 rings (SSSR count). The van der Waals surface area contributed by atoms with Gasteiger partial charge in [0.2, 0.25) is 5.91 Å². The lowest BCUT2D eigenvalue weighted by atomic mass is 9.95. The van der Waals surface area contributed by atoms with Gasteiger partial charge < -0.3 is 10.6 Å². The van der Waals surface area contributed by atoms with Crippen LogP contribution in [0.25, 0.3) is 0 Å². The summed E-state index contributed by atoms with van der Waals surface area (Å²) < 4.78 is 0. The zero-order valence-corrected chi connectivity index (χ0v) is 9.43. The Morgan fingerprint density at radius 3 is 2.40 bits per heavy atom. The van der Waals surface area contributed by atoms with E-state index in [0.29, 0.717) is 6.04 Å². The third-order valence-electron chi connectivity index (χ3n) is 3.58. The van der Waals surface area contributed by atoms with Crippen LogP contribution >= 0.6 is 0 Å². The number of rotatable bonds is 2. The second kappa shape index (κ2) is 5.50. The first-order chi connectivity index (χ1) is 7.36. The molecule has 3 heteroatoms. The maximum absolute atomic E-state index is 11.9. The second-order valence-corrected chi connectivity index (χ2v) is 4.85. The van der Waals surface area contributed by atoms with Crippen molar-refractivity contribution in [2.24, 2.45) is 0 Å². The second-order valence-electron chi connectivity index (χ2n) is 4.85. The lowest BCUT2D eigenvalue weighted by Gasteiger charge is -2.27. The molecule has 0 radical (unpaired) electrons. The van der Waals surface area contributed by atoms with Gasteiger partial charge in [-0.2, -0.15) is 0 Å². The van der Waals surface area contributed by atoms with E-state index in [4.69, 9.17) is 0 Å². The van der Waals surface area contributed by atoms with Crippen LogP contribution in [0.1, 0.15) is 51.4 Å². The minimum atomic E-state index is 0.0840. The Morgan fingerprint density at radius 1 is 1.00 bits per heavy atom. The summed E-state index contributed by atoms with van der Waals surface area (Å²) >= 11 is 0. The molecular weight excluding hydrogens is 188 g/mol. The number of amides is 1. The van der Waals surface area contributed by atoms with Gasteiger partial charge in [0.1, 0.15) is 0 Å². The van der Waals surface area contributed by atoms with Gasteiger partial charge in [-0.25, -0.2) is 0 Å². The van der Waals surface area contributed by atoms with E-state index in [1.165, 1.54) is 44.9 Å². The van der Waals surface area contributed by atoms with Crippen molar-refractivity contribution in [3.8, 4) is 0 Å². The Bertz CT molecular complexity index is 206. The van der Waals surface area contributed by atoms with Crippen LogP contribution in [0.3, 0.4) is 0 Å². The highest BCUT2D eigenvalue weighted by molar-refractivity contribution is 5.82. The summed E-state index contributed by atoms with van der Waals surface area (Å²) in [6.07, 6.45) is 9.68. The Kier molecular flexibility index (Phi) is 4.01. The molecule has 86 valence electrons. The first kappa shape index (κ1) is 10.9. The lowest BCUT2D eigenvalue weighted by Crippen LogP contribution is -2.49. The van der Waals surface area contributed by atoms with Gasteiger partial charge in [-0.3, -0.25) is 4.79 Å². The average molecular weight is 210 g/mol. The highest BCUT2D eigenvalue weighted by Crippen LogP contribution is 2.18. The number of nitrogens with one attached hydrogen (secondary N) is 2. The molecule has 2 N–H and O–H groups in total. The van der Waals surface area contributed by atoms with Crippen molar-refractivity contribution in [1.82, 2.24) is 10.6 Å². The molecule has 2 fully saturated rings. The number of carbonyl (C=O) groups excluding carboxylic acids is 1. The fraction of sp³-hybridized carbons (Fsp3) is 0.917. The third kappa shape index (κ3) is 3.20. The van der Waals surface area contributed by atoms with Crippen LogP contribution in [0.2, 0.25) is 0 Å². The highest BCUT2D eigenvalue weighted by Gasteiger charge is 2.23. The fourth-order valence-corrected chi connectivity index (χ4v) is 2.62. The van der Waals surface area contributed by atoms with Crippen LogP contribution in [-0.2, 0) is 4.79 Å². The van der Waals surface area contributed by atoms with Crippen molar-refractivity contribution in [2.45, 2.75) is 63.5 Å². The van der Waals surface area contributed by atoms with E-state index in [-0.39, 0.29) is 11.9 Å². The van der Waals surface area contributed by atoms with E-state index >= 15 is 0 Å². The zero-order chi connectivity index (χ0) is 10.5. The molecular formula is C12H22N2O. The molecule has 1 amide bonds. The van der Waals surface area contributed by atoms with Gasteiger partial charge in [0.25, 0.3) is 0 Å². The summed E-state index contributed by atoms with van der Waals surface area (Å²) in [7, 11) is 0. The van der Waals surface area contributed by atoms with Crippen LogP contribution in [0, 0.1) is 0 Å². The molecule has 15 heavy (non-hydrogen) atoms. The largest absolute Gasteiger partial charge is 0.352 e. The molecule has 1 heterocycles. The molecule has 3 nitrogen and oxygen atoms in total. The summed E-state index contributed by atoms with van der Waals surface area (Å²) in [6.45, 7) is 1.00. The van der Waals surface area contributed by atoms with Gasteiger partial charge in [-0.15, -0.1) is 0 Å². The average Bonchev–Trinajstić information content (AvgIpc) is 2.31. The van der Waals surface area contributed by atoms with Gasteiger partial charge in [-0.05, 0) is 32.2 Å². The number of piperidine rings is 1. The van der Waals surface area contributed by atoms with Gasteiger partial charge in [-0.1, -0.05) is 25.7 Å². The quantitative estimate of drug-likeness (QED) is 0.726. The van der Waals surface area contributed by atoms with Crippen molar-refractivity contribution in [2.75, 3.05) is 6.54 Å². The van der Waals surface area contributed by atoms with Gasteiger partial charge >= 0.3 is 0 Å². The fourth-order valence-electron chi connectivity index (χ4n) is 2.62. The van der Waals surface area contributed by atoms with E-state index in [0.717, 1.165) is 13.0 Å². The standard InChI is InChI=1S/C12H22N2O/c15-12(11-8-4-5-9-13-11)14-10-6-2-1-3-7-10/h10-11,13H,1-9H2,(H,14,15)/t11-/m1/s1. The molecule has 2 aliphatic rings. The molecule has 0 bridgehead atoms. The summed E-state index contributed by atoms with van der Waals surface area (Å²) in [5.74, 6) is 0.238. The van der Waals surface area contributed by atoms with Gasteiger partial charge in [0, 0.05) is 6.04 Å². The van der Waals surface area contributed by atoms with Crippen LogP contribution in [0.15, 0.2) is 0 Å². The topological polar surface area (TPSA) is 41.1 Å². The van der Waals surface area contributed by atoms with Crippen LogP contribution in [-0.4, -0.2) is 24.5 Å². The SMILES string of the molecule is O=C(NC1CCCCC1)[C@H]1CCCCN1. The number of carbonyl (C=O) groups is 1. The zero-order valence-electron chi connectivity index (χ0n) is 9.43. The third-order valence-corrected chi connectivity index (χ3v) is 3.58. The molecule has 1 saturated carbocycles. The van der Waals surface area contributed by atoms with Gasteiger partial charge in [0.15, 0.2) is 0 Å². The monoisotopic (exact) mass is 210 g/mol. The van der Waals surface area contributed by atoms with Crippen molar-refractivity contribution < 1.29 is 4.79 Å². The maximum Gasteiger partial charge on any atom is 0.237 e. The molecule has 1 saturated heterocycles. The Balaban J connectivity index is 1.74. The molecule has 0 aromatic rings. The molecule has 0 unspecified atom stereocenters. The molecule has 0 spiro atoms. The van der Waals surface area contributed by atoms with Crippen molar-refractivity contribution in [3.63, 3.8) is 0 Å². The summed E-state index contributed by atoms with van der Waals surface area (Å²) in [4.78, 5) is 11.9. The first-order valence-corrected chi connectivity index (χ1v) is 6.40. The Morgan fingerprint density at radius 2 is 1.73 bits per heavy atom. The minimum Gasteiger partial charge on any atom is -0.352 e. The minimum absolute atomic E-state index is 0.0840. The van der Waals surface area contributed by atoms with E-state index in [1.807, 2.05) is 0 Å².